The van der Waals surface area contributed by atoms with E-state index in [0.717, 1.165) is 27.8 Å². The van der Waals surface area contributed by atoms with Crippen LogP contribution in [0.25, 0.3) is 10.1 Å². The first-order valence-electron chi connectivity index (χ1n) is 7.14. The van der Waals surface area contributed by atoms with Gasteiger partial charge in [0.2, 0.25) is 0 Å². The number of rotatable bonds is 3. The Morgan fingerprint density at radius 3 is 2.86 bits per heavy atom. The Kier molecular flexibility index (Phi) is 3.78. The third-order valence-corrected chi connectivity index (χ3v) is 5.40. The number of carboxylic acids is 1. The number of thiophene rings is 1. The van der Waals surface area contributed by atoms with Crippen molar-refractivity contribution in [1.29, 1.82) is 0 Å². The van der Waals surface area contributed by atoms with Crippen molar-refractivity contribution in [3.8, 4) is 5.75 Å². The van der Waals surface area contributed by atoms with Crippen LogP contribution in [0.3, 0.4) is 0 Å². The number of fused-ring (bicyclic) bond motifs is 1. The van der Waals surface area contributed by atoms with Crippen LogP contribution in [0.2, 0.25) is 0 Å². The molecular weight excluding hydrogens is 302 g/mol. The average Bonchev–Trinajstić information content (AvgIpc) is 3.11. The second-order valence-electron chi connectivity index (χ2n) is 5.41. The van der Waals surface area contributed by atoms with Gasteiger partial charge < -0.3 is 14.7 Å². The van der Waals surface area contributed by atoms with E-state index < -0.39 is 12.0 Å². The molecule has 0 aliphatic carbocycles. The lowest BCUT2D eigenvalue weighted by Crippen LogP contribution is -2.40. The van der Waals surface area contributed by atoms with Crippen molar-refractivity contribution >= 4 is 33.3 Å². The quantitative estimate of drug-likeness (QED) is 0.944. The summed E-state index contributed by atoms with van der Waals surface area (Å²) in [7, 11) is 1.61. The molecule has 1 fully saturated rings. The van der Waals surface area contributed by atoms with Gasteiger partial charge in [-0.3, -0.25) is 4.79 Å². The van der Waals surface area contributed by atoms with E-state index in [2.05, 4.69) is 0 Å². The molecule has 0 radical (unpaired) electrons. The van der Waals surface area contributed by atoms with Gasteiger partial charge in [0.25, 0.3) is 5.91 Å². The molecule has 6 heteroatoms. The van der Waals surface area contributed by atoms with E-state index in [1.54, 1.807) is 7.11 Å². The number of carbonyl (C=O) groups is 2. The van der Waals surface area contributed by atoms with Crippen LogP contribution < -0.4 is 4.74 Å². The molecule has 0 saturated carbocycles. The molecule has 1 atom stereocenters. The lowest BCUT2D eigenvalue weighted by molar-refractivity contribution is -0.141. The molecule has 1 saturated heterocycles. The molecule has 3 rings (SSSR count). The Bertz CT molecular complexity index is 752. The second-order valence-corrected chi connectivity index (χ2v) is 6.47. The maximum Gasteiger partial charge on any atom is 0.326 e. The number of amides is 1. The van der Waals surface area contributed by atoms with Gasteiger partial charge >= 0.3 is 5.97 Å². The van der Waals surface area contributed by atoms with Crippen LogP contribution in [0.5, 0.6) is 5.75 Å². The van der Waals surface area contributed by atoms with E-state index in [9.17, 15) is 14.7 Å². The van der Waals surface area contributed by atoms with Crippen molar-refractivity contribution in [2.24, 2.45) is 0 Å². The molecule has 5 nitrogen and oxygen atoms in total. The molecule has 2 heterocycles. The molecule has 1 aliphatic rings. The van der Waals surface area contributed by atoms with Crippen molar-refractivity contribution < 1.29 is 19.4 Å². The SMILES string of the molecule is COc1ccc2sc(C(=O)N3CCCC3C(=O)O)c(C)c2c1. The van der Waals surface area contributed by atoms with Gasteiger partial charge in [-0.25, -0.2) is 4.79 Å². The first kappa shape index (κ1) is 14.8. The maximum absolute atomic E-state index is 12.7. The Hall–Kier alpha value is -2.08. The number of hydrogen-bond acceptors (Lipinski definition) is 4. The standard InChI is InChI=1S/C16H17NO4S/c1-9-11-8-10(21-2)5-6-13(11)22-14(9)15(18)17-7-3-4-12(17)16(19)20/h5-6,8,12H,3-4,7H2,1-2H3,(H,19,20). The fourth-order valence-electron chi connectivity index (χ4n) is 2.93. The normalized spacial score (nSPS) is 17.9. The van der Waals surface area contributed by atoms with Gasteiger partial charge in [-0.15, -0.1) is 11.3 Å². The maximum atomic E-state index is 12.7. The number of aliphatic carboxylic acids is 1. The molecule has 0 spiro atoms. The molecule has 116 valence electrons. The molecule has 1 aliphatic heterocycles. The number of hydrogen-bond donors (Lipinski definition) is 1. The van der Waals surface area contributed by atoms with E-state index in [1.807, 2.05) is 25.1 Å². The summed E-state index contributed by atoms with van der Waals surface area (Å²) in [5.74, 6) is -0.356. The van der Waals surface area contributed by atoms with E-state index in [0.29, 0.717) is 17.8 Å². The summed E-state index contributed by atoms with van der Waals surface area (Å²) >= 11 is 1.41. The largest absolute Gasteiger partial charge is 0.497 e. The molecule has 0 bridgehead atoms. The van der Waals surface area contributed by atoms with Gasteiger partial charge in [-0.05, 0) is 48.9 Å². The number of likely N-dealkylation sites (tertiary alicyclic amines) is 1. The summed E-state index contributed by atoms with van der Waals surface area (Å²) in [6.07, 6.45) is 1.26. The number of methoxy groups -OCH3 is 1. The topological polar surface area (TPSA) is 66.8 Å². The van der Waals surface area contributed by atoms with Crippen molar-refractivity contribution in [3.63, 3.8) is 0 Å². The number of carboxylic acid groups (broad SMARTS) is 1. The highest BCUT2D eigenvalue weighted by molar-refractivity contribution is 7.21. The predicted octanol–water partition coefficient (Wildman–Crippen LogP) is 2.91. The fraction of sp³-hybridized carbons (Fsp3) is 0.375. The number of carbonyl (C=O) groups excluding carboxylic acids is 1. The number of nitrogens with zero attached hydrogens (tertiary/aromatic N) is 1. The van der Waals surface area contributed by atoms with Gasteiger partial charge in [0, 0.05) is 11.2 Å². The lowest BCUT2D eigenvalue weighted by atomic mass is 10.1. The minimum atomic E-state index is -0.925. The summed E-state index contributed by atoms with van der Waals surface area (Å²) in [6, 6.07) is 5.01. The van der Waals surface area contributed by atoms with Gasteiger partial charge in [0.05, 0.1) is 12.0 Å². The summed E-state index contributed by atoms with van der Waals surface area (Å²) in [5, 5.41) is 10.2. The van der Waals surface area contributed by atoms with Crippen LogP contribution in [0.15, 0.2) is 18.2 Å². The van der Waals surface area contributed by atoms with Gasteiger partial charge in [0.15, 0.2) is 0 Å². The fourth-order valence-corrected chi connectivity index (χ4v) is 4.07. The predicted molar refractivity (Wildman–Crippen MR) is 84.8 cm³/mol. The van der Waals surface area contributed by atoms with Crippen molar-refractivity contribution in [1.82, 2.24) is 4.90 Å². The zero-order valence-electron chi connectivity index (χ0n) is 12.5. The minimum absolute atomic E-state index is 0.178. The van der Waals surface area contributed by atoms with E-state index in [4.69, 9.17) is 4.74 Å². The molecular formula is C16H17NO4S. The highest BCUT2D eigenvalue weighted by Gasteiger charge is 2.35. The van der Waals surface area contributed by atoms with Crippen LogP contribution in [-0.4, -0.2) is 41.6 Å². The second kappa shape index (κ2) is 5.61. The van der Waals surface area contributed by atoms with E-state index in [1.165, 1.54) is 16.2 Å². The summed E-state index contributed by atoms with van der Waals surface area (Å²) < 4.78 is 6.23. The van der Waals surface area contributed by atoms with Crippen molar-refractivity contribution in [2.45, 2.75) is 25.8 Å². The van der Waals surface area contributed by atoms with Gasteiger partial charge in [-0.2, -0.15) is 0 Å². The lowest BCUT2D eigenvalue weighted by Gasteiger charge is -2.21. The highest BCUT2D eigenvalue weighted by Crippen LogP contribution is 2.35. The van der Waals surface area contributed by atoms with Crippen LogP contribution in [0, 0.1) is 6.92 Å². The zero-order valence-corrected chi connectivity index (χ0v) is 13.3. The van der Waals surface area contributed by atoms with E-state index in [-0.39, 0.29) is 5.91 Å². The molecule has 1 N–H and O–H groups in total. The number of benzene rings is 1. The summed E-state index contributed by atoms with van der Waals surface area (Å²) in [6.45, 7) is 2.41. The van der Waals surface area contributed by atoms with Crippen LogP contribution in [0.4, 0.5) is 0 Å². The van der Waals surface area contributed by atoms with Gasteiger partial charge in [-0.1, -0.05) is 0 Å². The molecule has 1 aromatic carbocycles. The number of ether oxygens (including phenoxy) is 1. The molecule has 1 unspecified atom stereocenters. The molecule has 1 aromatic heterocycles. The highest BCUT2D eigenvalue weighted by atomic mass is 32.1. The molecule has 2 aromatic rings. The smallest absolute Gasteiger partial charge is 0.326 e. The average molecular weight is 319 g/mol. The number of aryl methyl sites for hydroxylation is 1. The summed E-state index contributed by atoms with van der Waals surface area (Å²) in [4.78, 5) is 26.1. The first-order chi connectivity index (χ1) is 10.5. The Morgan fingerprint density at radius 1 is 1.41 bits per heavy atom. The third kappa shape index (κ3) is 2.33. The van der Waals surface area contributed by atoms with Crippen LogP contribution in [-0.2, 0) is 4.79 Å². The van der Waals surface area contributed by atoms with Crippen LogP contribution >= 0.6 is 11.3 Å². The molecule has 22 heavy (non-hydrogen) atoms. The molecule has 1 amide bonds. The Labute approximate surface area is 132 Å². The third-order valence-electron chi connectivity index (χ3n) is 4.14. The van der Waals surface area contributed by atoms with Crippen molar-refractivity contribution in [2.75, 3.05) is 13.7 Å². The zero-order chi connectivity index (χ0) is 15.9. The van der Waals surface area contributed by atoms with Crippen molar-refractivity contribution in [3.05, 3.63) is 28.6 Å². The Balaban J connectivity index is 2.01. The monoisotopic (exact) mass is 319 g/mol. The van der Waals surface area contributed by atoms with Crippen LogP contribution in [0.1, 0.15) is 28.1 Å². The summed E-state index contributed by atoms with van der Waals surface area (Å²) in [5.41, 5.74) is 0.889. The minimum Gasteiger partial charge on any atom is -0.497 e. The Morgan fingerprint density at radius 2 is 2.18 bits per heavy atom. The van der Waals surface area contributed by atoms with Gasteiger partial charge in [0.1, 0.15) is 11.8 Å². The first-order valence-corrected chi connectivity index (χ1v) is 7.95. The van der Waals surface area contributed by atoms with E-state index >= 15 is 0 Å².